The van der Waals surface area contributed by atoms with E-state index in [1.807, 2.05) is 81.4 Å². The number of nitrogens with two attached hydrogens (primary N) is 1. The van der Waals surface area contributed by atoms with Gasteiger partial charge in [-0.05, 0) is 55.3 Å². The van der Waals surface area contributed by atoms with Crippen LogP contribution in [0.2, 0.25) is 0 Å². The maximum absolute atomic E-state index is 5.85. The van der Waals surface area contributed by atoms with Crippen molar-refractivity contribution >= 4 is 34.3 Å². The summed E-state index contributed by atoms with van der Waals surface area (Å²) in [4.78, 5) is 6.42. The monoisotopic (exact) mass is 360 g/mol. The highest BCUT2D eigenvalue weighted by Gasteiger charge is 2.04. The van der Waals surface area contributed by atoms with E-state index in [0.717, 1.165) is 39.7 Å². The quantitative estimate of drug-likeness (QED) is 0.465. The Hall–Kier alpha value is -3.41. The third-order valence-corrected chi connectivity index (χ3v) is 4.24. The average Bonchev–Trinajstić information content (AvgIpc) is 2.65. The third kappa shape index (κ3) is 4.61. The molecule has 0 atom stereocenters. The van der Waals surface area contributed by atoms with Crippen LogP contribution in [0.25, 0.3) is 0 Å². The van der Waals surface area contributed by atoms with Crippen LogP contribution in [-0.4, -0.2) is 19.1 Å². The highest BCUT2D eigenvalue weighted by molar-refractivity contribution is 5.65. The van der Waals surface area contributed by atoms with E-state index in [1.54, 1.807) is 6.20 Å². The van der Waals surface area contributed by atoms with Crippen molar-refractivity contribution in [2.75, 3.05) is 30.0 Å². The van der Waals surface area contributed by atoms with Crippen LogP contribution >= 0.6 is 0 Å². The predicted molar refractivity (Wildman–Crippen MR) is 113 cm³/mol. The fourth-order valence-corrected chi connectivity index (χ4v) is 2.55. The van der Waals surface area contributed by atoms with E-state index in [2.05, 4.69) is 20.5 Å². The van der Waals surface area contributed by atoms with Crippen molar-refractivity contribution in [2.24, 2.45) is 10.2 Å². The molecule has 0 fully saturated rings. The zero-order chi connectivity index (χ0) is 19.4. The summed E-state index contributed by atoms with van der Waals surface area (Å²) < 4.78 is 0. The lowest BCUT2D eigenvalue weighted by atomic mass is 10.2. The Morgan fingerprint density at radius 2 is 1.56 bits per heavy atom. The Balaban J connectivity index is 1.85. The molecule has 0 amide bonds. The summed E-state index contributed by atoms with van der Waals surface area (Å²) in [6, 6.07) is 15.6. The minimum atomic E-state index is 0.675. The number of nitrogen functional groups attached to an aromatic ring is 1. The number of hydrogen-bond acceptors (Lipinski definition) is 6. The molecule has 3 N–H and O–H groups in total. The van der Waals surface area contributed by atoms with Crippen molar-refractivity contribution in [3.05, 3.63) is 65.9 Å². The van der Waals surface area contributed by atoms with Crippen molar-refractivity contribution in [2.45, 2.75) is 13.8 Å². The van der Waals surface area contributed by atoms with Crippen LogP contribution in [0.15, 0.2) is 65.0 Å². The standard InChI is InChI=1S/C21H24N6/c1-14-5-7-16(22)11-19(14)25-26-20-12-17(8-6-15(20)2)24-21-13-18(27(3)4)9-10-23-21/h5-13H,22H2,1-4H3,(H,23,24). The molecule has 3 rings (SSSR count). The van der Waals surface area contributed by atoms with Gasteiger partial charge in [0, 0.05) is 43.4 Å². The minimum absolute atomic E-state index is 0.675. The molecule has 0 aliphatic heterocycles. The molecule has 1 heterocycles. The maximum atomic E-state index is 5.85. The van der Waals surface area contributed by atoms with Crippen LogP contribution in [0.4, 0.5) is 34.3 Å². The lowest BCUT2D eigenvalue weighted by Crippen LogP contribution is -2.09. The molecular weight excluding hydrogens is 336 g/mol. The second-order valence-corrected chi connectivity index (χ2v) is 6.67. The van der Waals surface area contributed by atoms with Gasteiger partial charge in [-0.25, -0.2) is 4.98 Å². The fourth-order valence-electron chi connectivity index (χ4n) is 2.55. The summed E-state index contributed by atoms with van der Waals surface area (Å²) in [5, 5.41) is 12.1. The van der Waals surface area contributed by atoms with Crippen molar-refractivity contribution < 1.29 is 0 Å². The molecule has 0 saturated heterocycles. The fraction of sp³-hybridized carbons (Fsp3) is 0.190. The van der Waals surface area contributed by atoms with E-state index in [4.69, 9.17) is 5.73 Å². The highest BCUT2D eigenvalue weighted by atomic mass is 15.1. The van der Waals surface area contributed by atoms with Gasteiger partial charge in [0.25, 0.3) is 0 Å². The number of nitrogens with one attached hydrogen (secondary N) is 1. The molecule has 0 aliphatic carbocycles. The van der Waals surface area contributed by atoms with Crippen LogP contribution in [0.5, 0.6) is 0 Å². The van der Waals surface area contributed by atoms with Gasteiger partial charge in [-0.15, -0.1) is 0 Å². The molecule has 0 saturated carbocycles. The van der Waals surface area contributed by atoms with Gasteiger partial charge >= 0.3 is 0 Å². The first kappa shape index (κ1) is 18.4. The zero-order valence-corrected chi connectivity index (χ0v) is 16.1. The molecule has 0 aliphatic rings. The number of hydrogen-bond donors (Lipinski definition) is 2. The first-order valence-electron chi connectivity index (χ1n) is 8.71. The Kier molecular flexibility index (Phi) is 5.35. The predicted octanol–water partition coefficient (Wildman–Crippen LogP) is 5.51. The highest BCUT2D eigenvalue weighted by Crippen LogP contribution is 2.29. The molecule has 0 unspecified atom stereocenters. The molecule has 0 radical (unpaired) electrons. The number of aromatic nitrogens is 1. The lowest BCUT2D eigenvalue weighted by molar-refractivity contribution is 1.12. The van der Waals surface area contributed by atoms with Gasteiger partial charge in [0.05, 0.1) is 11.4 Å². The van der Waals surface area contributed by atoms with Crippen molar-refractivity contribution in [1.29, 1.82) is 0 Å². The molecule has 0 spiro atoms. The average molecular weight is 360 g/mol. The molecule has 0 bridgehead atoms. The second-order valence-electron chi connectivity index (χ2n) is 6.67. The van der Waals surface area contributed by atoms with Gasteiger partial charge in [-0.3, -0.25) is 0 Å². The van der Waals surface area contributed by atoms with Crippen LogP contribution in [0.1, 0.15) is 11.1 Å². The molecule has 6 nitrogen and oxygen atoms in total. The number of pyridine rings is 1. The summed E-state index contributed by atoms with van der Waals surface area (Å²) in [7, 11) is 4.00. The van der Waals surface area contributed by atoms with Crippen LogP contribution in [-0.2, 0) is 0 Å². The van der Waals surface area contributed by atoms with Crippen molar-refractivity contribution in [1.82, 2.24) is 4.98 Å². The first-order chi connectivity index (χ1) is 12.9. The Labute approximate surface area is 159 Å². The van der Waals surface area contributed by atoms with Gasteiger partial charge in [0.1, 0.15) is 5.82 Å². The molecule has 27 heavy (non-hydrogen) atoms. The van der Waals surface area contributed by atoms with E-state index in [-0.39, 0.29) is 0 Å². The third-order valence-electron chi connectivity index (χ3n) is 4.24. The van der Waals surface area contributed by atoms with Crippen LogP contribution in [0, 0.1) is 13.8 Å². The Morgan fingerprint density at radius 1 is 0.889 bits per heavy atom. The summed E-state index contributed by atoms with van der Waals surface area (Å²) in [6.45, 7) is 4.00. The number of azo groups is 1. The molecule has 2 aromatic carbocycles. The van der Waals surface area contributed by atoms with E-state index >= 15 is 0 Å². The van der Waals surface area contributed by atoms with Crippen molar-refractivity contribution in [3.63, 3.8) is 0 Å². The molecule has 1 aromatic heterocycles. The van der Waals surface area contributed by atoms with E-state index < -0.39 is 0 Å². The van der Waals surface area contributed by atoms with E-state index in [0.29, 0.717) is 5.69 Å². The summed E-state index contributed by atoms with van der Waals surface area (Å²) in [5.41, 5.74) is 12.2. The molecular formula is C21H24N6. The SMILES string of the molecule is Cc1ccc(N)cc1N=Nc1cc(Nc2cc(N(C)C)ccn2)ccc1C. The van der Waals surface area contributed by atoms with Gasteiger partial charge in [0.15, 0.2) is 0 Å². The van der Waals surface area contributed by atoms with E-state index in [1.165, 1.54) is 0 Å². The van der Waals surface area contributed by atoms with E-state index in [9.17, 15) is 0 Å². The number of benzene rings is 2. The molecule has 6 heteroatoms. The second kappa shape index (κ2) is 7.86. The smallest absolute Gasteiger partial charge is 0.132 e. The van der Waals surface area contributed by atoms with Crippen LogP contribution in [0.3, 0.4) is 0 Å². The summed E-state index contributed by atoms with van der Waals surface area (Å²) in [5.74, 6) is 0.777. The lowest BCUT2D eigenvalue weighted by Gasteiger charge is -2.14. The topological polar surface area (TPSA) is 78.9 Å². The normalized spacial score (nSPS) is 11.0. The minimum Gasteiger partial charge on any atom is -0.399 e. The van der Waals surface area contributed by atoms with Gasteiger partial charge < -0.3 is 16.0 Å². The first-order valence-corrected chi connectivity index (χ1v) is 8.71. The van der Waals surface area contributed by atoms with Gasteiger partial charge in [0.2, 0.25) is 0 Å². The molecule has 3 aromatic rings. The van der Waals surface area contributed by atoms with Crippen LogP contribution < -0.4 is 16.0 Å². The Morgan fingerprint density at radius 3 is 2.26 bits per heavy atom. The number of nitrogens with zero attached hydrogens (tertiary/aromatic N) is 4. The summed E-state index contributed by atoms with van der Waals surface area (Å²) >= 11 is 0. The molecule has 138 valence electrons. The van der Waals surface area contributed by atoms with Gasteiger partial charge in [-0.1, -0.05) is 12.1 Å². The maximum Gasteiger partial charge on any atom is 0.132 e. The summed E-state index contributed by atoms with van der Waals surface area (Å²) in [6.07, 6.45) is 1.79. The zero-order valence-electron chi connectivity index (χ0n) is 16.1. The van der Waals surface area contributed by atoms with Gasteiger partial charge in [-0.2, -0.15) is 10.2 Å². The van der Waals surface area contributed by atoms with Crippen molar-refractivity contribution in [3.8, 4) is 0 Å². The number of rotatable bonds is 5. The largest absolute Gasteiger partial charge is 0.399 e. The number of aryl methyl sites for hydroxylation is 2. The Bertz CT molecular complexity index is 978. The number of anilines is 4.